The molecule has 0 radical (unpaired) electrons. The highest BCUT2D eigenvalue weighted by atomic mass is 16.5. The minimum atomic E-state index is -0.917. The second-order valence-electron chi connectivity index (χ2n) is 5.73. The van der Waals surface area contributed by atoms with Crippen molar-refractivity contribution in [3.63, 3.8) is 0 Å². The van der Waals surface area contributed by atoms with E-state index in [1.54, 1.807) is 76.6 Å². The number of rotatable bonds is 6. The average molecular weight is 382 g/mol. The van der Waals surface area contributed by atoms with Crippen molar-refractivity contribution in [1.82, 2.24) is 10.9 Å². The topological polar surface area (TPSA) is 101 Å². The van der Waals surface area contributed by atoms with Crippen LogP contribution in [0.3, 0.4) is 0 Å². The van der Waals surface area contributed by atoms with Crippen LogP contribution in [0.2, 0.25) is 0 Å². The van der Waals surface area contributed by atoms with Crippen molar-refractivity contribution < 1.29 is 19.1 Å². The standard InChI is InChI=1S/C20H22N4O4/c1-13(15-5-9-17(27-3)10-6-15)21-23-19(25)20(26)24-22-14(2)16-7-11-18(28-4)12-8-16/h5-12H,1-4H3,(H,23,25)(H,24,26). The molecule has 0 atom stereocenters. The number of carbonyl (C=O) groups is 2. The van der Waals surface area contributed by atoms with Crippen LogP contribution in [0.1, 0.15) is 25.0 Å². The van der Waals surface area contributed by atoms with Crippen molar-refractivity contribution in [2.24, 2.45) is 10.2 Å². The summed E-state index contributed by atoms with van der Waals surface area (Å²) in [4.78, 5) is 23.8. The molecule has 28 heavy (non-hydrogen) atoms. The zero-order valence-electron chi connectivity index (χ0n) is 16.1. The molecule has 2 rings (SSSR count). The lowest BCUT2D eigenvalue weighted by atomic mass is 10.1. The number of ether oxygens (including phenoxy) is 2. The number of benzene rings is 2. The zero-order valence-corrected chi connectivity index (χ0v) is 16.1. The molecule has 2 aromatic rings. The molecule has 2 amide bonds. The molecule has 0 unspecified atom stereocenters. The third-order valence-corrected chi connectivity index (χ3v) is 3.87. The van der Waals surface area contributed by atoms with E-state index in [-0.39, 0.29) is 0 Å². The number of nitrogens with one attached hydrogen (secondary N) is 2. The molecule has 0 saturated heterocycles. The van der Waals surface area contributed by atoms with Crippen molar-refractivity contribution in [3.05, 3.63) is 59.7 Å². The van der Waals surface area contributed by atoms with Gasteiger partial charge in [-0.3, -0.25) is 9.59 Å². The maximum absolute atomic E-state index is 11.9. The molecule has 146 valence electrons. The fourth-order valence-electron chi connectivity index (χ4n) is 2.16. The number of hydrogen-bond donors (Lipinski definition) is 2. The lowest BCUT2D eigenvalue weighted by molar-refractivity contribution is -0.139. The number of methoxy groups -OCH3 is 2. The fourth-order valence-corrected chi connectivity index (χ4v) is 2.16. The SMILES string of the molecule is COc1ccc(C(C)=NNC(=O)C(=O)NN=C(C)c2ccc(OC)cc2)cc1. The van der Waals surface area contributed by atoms with Gasteiger partial charge in [0.15, 0.2) is 0 Å². The number of hydrogen-bond acceptors (Lipinski definition) is 6. The quantitative estimate of drug-likeness (QED) is 0.454. The Bertz CT molecular complexity index is 812. The molecule has 0 aliphatic heterocycles. The van der Waals surface area contributed by atoms with Gasteiger partial charge in [-0.25, -0.2) is 10.9 Å². The number of carbonyl (C=O) groups excluding carboxylic acids is 2. The summed E-state index contributed by atoms with van der Waals surface area (Å²) in [6.07, 6.45) is 0. The summed E-state index contributed by atoms with van der Waals surface area (Å²) >= 11 is 0. The largest absolute Gasteiger partial charge is 0.497 e. The van der Waals surface area contributed by atoms with E-state index >= 15 is 0 Å². The number of amides is 2. The molecular formula is C20H22N4O4. The Labute approximate surface area is 163 Å². The molecule has 0 aliphatic carbocycles. The van der Waals surface area contributed by atoms with Crippen molar-refractivity contribution in [2.75, 3.05) is 14.2 Å². The van der Waals surface area contributed by atoms with E-state index in [1.165, 1.54) is 0 Å². The average Bonchev–Trinajstić information content (AvgIpc) is 2.75. The first-order valence-corrected chi connectivity index (χ1v) is 8.42. The molecule has 0 bridgehead atoms. The molecule has 0 aromatic heterocycles. The van der Waals surface area contributed by atoms with Crippen LogP contribution in [0.25, 0.3) is 0 Å². The van der Waals surface area contributed by atoms with Gasteiger partial charge in [-0.15, -0.1) is 0 Å². The van der Waals surface area contributed by atoms with Gasteiger partial charge >= 0.3 is 11.8 Å². The highest BCUT2D eigenvalue weighted by Gasteiger charge is 2.12. The maximum atomic E-state index is 11.9. The van der Waals surface area contributed by atoms with Crippen molar-refractivity contribution in [2.45, 2.75) is 13.8 Å². The normalized spacial score (nSPS) is 11.6. The fraction of sp³-hybridized carbons (Fsp3) is 0.200. The molecule has 0 saturated carbocycles. The molecular weight excluding hydrogens is 360 g/mol. The Morgan fingerprint density at radius 1 is 0.679 bits per heavy atom. The van der Waals surface area contributed by atoms with E-state index in [1.807, 2.05) is 0 Å². The first-order valence-electron chi connectivity index (χ1n) is 8.42. The lowest BCUT2D eigenvalue weighted by Gasteiger charge is -2.05. The molecule has 0 aliphatic rings. The Balaban J connectivity index is 1.93. The summed E-state index contributed by atoms with van der Waals surface area (Å²) in [7, 11) is 3.15. The number of nitrogens with zero attached hydrogens (tertiary/aromatic N) is 2. The van der Waals surface area contributed by atoms with Gasteiger partial charge in [0.2, 0.25) is 0 Å². The Morgan fingerprint density at radius 3 is 1.29 bits per heavy atom. The van der Waals surface area contributed by atoms with Crippen LogP contribution in [0, 0.1) is 0 Å². The molecule has 2 N–H and O–H groups in total. The highest BCUT2D eigenvalue weighted by molar-refractivity contribution is 6.35. The third kappa shape index (κ3) is 5.66. The minimum Gasteiger partial charge on any atom is -0.497 e. The summed E-state index contributed by atoms with van der Waals surface area (Å²) in [5, 5.41) is 7.86. The van der Waals surface area contributed by atoms with Crippen LogP contribution in [-0.4, -0.2) is 37.5 Å². The first-order chi connectivity index (χ1) is 13.4. The highest BCUT2D eigenvalue weighted by Crippen LogP contribution is 2.12. The zero-order chi connectivity index (χ0) is 20.5. The second kappa shape index (κ2) is 9.86. The van der Waals surface area contributed by atoms with Gasteiger partial charge in [-0.1, -0.05) is 0 Å². The second-order valence-corrected chi connectivity index (χ2v) is 5.73. The van der Waals surface area contributed by atoms with Crippen LogP contribution in [0.15, 0.2) is 58.7 Å². The van der Waals surface area contributed by atoms with E-state index in [0.717, 1.165) is 11.1 Å². The van der Waals surface area contributed by atoms with Gasteiger partial charge in [-0.2, -0.15) is 10.2 Å². The molecule has 0 fully saturated rings. The van der Waals surface area contributed by atoms with Crippen LogP contribution in [0.5, 0.6) is 11.5 Å². The van der Waals surface area contributed by atoms with Gasteiger partial charge in [0, 0.05) is 0 Å². The smallest absolute Gasteiger partial charge is 0.331 e. The van der Waals surface area contributed by atoms with Gasteiger partial charge in [0.25, 0.3) is 0 Å². The predicted octanol–water partition coefficient (Wildman–Crippen LogP) is 2.08. The Hall–Kier alpha value is -3.68. The van der Waals surface area contributed by atoms with Gasteiger partial charge in [0.1, 0.15) is 11.5 Å². The van der Waals surface area contributed by atoms with Gasteiger partial charge in [-0.05, 0) is 73.5 Å². The van der Waals surface area contributed by atoms with E-state index < -0.39 is 11.8 Å². The lowest BCUT2D eigenvalue weighted by Crippen LogP contribution is -2.36. The van der Waals surface area contributed by atoms with Crippen LogP contribution in [0.4, 0.5) is 0 Å². The van der Waals surface area contributed by atoms with Crippen LogP contribution in [-0.2, 0) is 9.59 Å². The minimum absolute atomic E-state index is 0.543. The summed E-state index contributed by atoms with van der Waals surface area (Å²) in [6.45, 7) is 3.43. The molecule has 2 aromatic carbocycles. The molecule has 8 nitrogen and oxygen atoms in total. The van der Waals surface area contributed by atoms with Crippen molar-refractivity contribution in [1.29, 1.82) is 0 Å². The van der Waals surface area contributed by atoms with Crippen LogP contribution >= 0.6 is 0 Å². The van der Waals surface area contributed by atoms with E-state index in [0.29, 0.717) is 22.9 Å². The van der Waals surface area contributed by atoms with Crippen LogP contribution < -0.4 is 20.3 Å². The first kappa shape index (κ1) is 20.6. The Morgan fingerprint density at radius 2 is 1.00 bits per heavy atom. The van der Waals surface area contributed by atoms with E-state index in [2.05, 4.69) is 21.1 Å². The summed E-state index contributed by atoms with van der Waals surface area (Å²) in [6, 6.07) is 14.3. The number of hydrazone groups is 2. The predicted molar refractivity (Wildman–Crippen MR) is 107 cm³/mol. The third-order valence-electron chi connectivity index (χ3n) is 3.87. The molecule has 0 spiro atoms. The molecule has 0 heterocycles. The summed E-state index contributed by atoms with van der Waals surface area (Å²) < 4.78 is 10.2. The summed E-state index contributed by atoms with van der Waals surface area (Å²) in [5.41, 5.74) is 7.08. The van der Waals surface area contributed by atoms with Crippen molar-refractivity contribution >= 4 is 23.2 Å². The monoisotopic (exact) mass is 382 g/mol. The summed E-state index contributed by atoms with van der Waals surface area (Å²) in [5.74, 6) is -0.409. The maximum Gasteiger partial charge on any atom is 0.331 e. The van der Waals surface area contributed by atoms with E-state index in [4.69, 9.17) is 9.47 Å². The van der Waals surface area contributed by atoms with Gasteiger partial charge < -0.3 is 9.47 Å². The Kier molecular flexibility index (Phi) is 7.27. The molecule has 8 heteroatoms. The van der Waals surface area contributed by atoms with E-state index in [9.17, 15) is 9.59 Å². The van der Waals surface area contributed by atoms with Crippen molar-refractivity contribution in [3.8, 4) is 11.5 Å². The van der Waals surface area contributed by atoms with Gasteiger partial charge in [0.05, 0.1) is 25.6 Å².